The first-order valence-electron chi connectivity index (χ1n) is 7.72. The van der Waals surface area contributed by atoms with Gasteiger partial charge < -0.3 is 15.6 Å². The Hall–Kier alpha value is -1.82. The van der Waals surface area contributed by atoms with Gasteiger partial charge in [-0.15, -0.1) is 0 Å². The number of thiocarbonyl (C=S) groups is 1. The third-order valence-corrected chi connectivity index (χ3v) is 4.50. The number of nitrogens with two attached hydrogens (primary N) is 1. The molecule has 0 atom stereocenters. The molecule has 1 aliphatic carbocycles. The summed E-state index contributed by atoms with van der Waals surface area (Å²) < 4.78 is 6.35. The van der Waals surface area contributed by atoms with E-state index < -0.39 is 0 Å². The first-order valence-corrected chi connectivity index (χ1v) is 8.13. The van der Waals surface area contributed by atoms with Crippen molar-refractivity contribution in [1.82, 2.24) is 5.43 Å². The second kappa shape index (κ2) is 6.12. The fourth-order valence-corrected chi connectivity index (χ4v) is 3.42. The highest BCUT2D eigenvalue weighted by Crippen LogP contribution is 2.42. The van der Waals surface area contributed by atoms with Gasteiger partial charge in [0.2, 0.25) is 0 Å². The minimum absolute atomic E-state index is 0.135. The average Bonchev–Trinajstić information content (AvgIpc) is 2.71. The van der Waals surface area contributed by atoms with Crippen molar-refractivity contribution < 1.29 is 9.84 Å². The molecule has 118 valence electrons. The number of nitrogens with zero attached hydrogens (tertiary/aromatic N) is 1. The Balaban J connectivity index is 1.98. The third-order valence-electron chi connectivity index (χ3n) is 4.41. The van der Waals surface area contributed by atoms with Gasteiger partial charge in [-0.3, -0.25) is 5.43 Å². The lowest BCUT2D eigenvalue weighted by atomic mass is 9.83. The molecule has 1 aromatic rings. The maximum atomic E-state index is 9.75. The van der Waals surface area contributed by atoms with Gasteiger partial charge in [-0.1, -0.05) is 12.8 Å². The van der Waals surface area contributed by atoms with Crippen LogP contribution in [0.4, 0.5) is 0 Å². The SMILES string of the molecule is NC(=S)N/N=C1\CC2(CCCCCC2)Oc2ccc(O)cc21. The zero-order chi connectivity index (χ0) is 15.6. The van der Waals surface area contributed by atoms with Crippen molar-refractivity contribution >= 4 is 23.0 Å². The second-order valence-electron chi connectivity index (χ2n) is 6.09. The lowest BCUT2D eigenvalue weighted by molar-refractivity contribution is 0.0541. The van der Waals surface area contributed by atoms with E-state index in [1.807, 2.05) is 6.07 Å². The van der Waals surface area contributed by atoms with E-state index >= 15 is 0 Å². The Morgan fingerprint density at radius 1 is 1.27 bits per heavy atom. The van der Waals surface area contributed by atoms with Crippen molar-refractivity contribution in [2.75, 3.05) is 0 Å². The molecule has 22 heavy (non-hydrogen) atoms. The van der Waals surface area contributed by atoms with E-state index in [2.05, 4.69) is 10.5 Å². The topological polar surface area (TPSA) is 79.9 Å². The van der Waals surface area contributed by atoms with Crippen molar-refractivity contribution in [1.29, 1.82) is 0 Å². The maximum Gasteiger partial charge on any atom is 0.184 e. The summed E-state index contributed by atoms with van der Waals surface area (Å²) in [5.74, 6) is 0.969. The fourth-order valence-electron chi connectivity index (χ4n) is 3.38. The van der Waals surface area contributed by atoms with Crippen LogP contribution in [-0.2, 0) is 0 Å². The summed E-state index contributed by atoms with van der Waals surface area (Å²) in [5, 5.41) is 14.2. The molecule has 0 unspecified atom stereocenters. The predicted molar refractivity (Wildman–Crippen MR) is 90.2 cm³/mol. The summed E-state index contributed by atoms with van der Waals surface area (Å²) in [6.07, 6.45) is 7.61. The number of phenolic OH excluding ortho intramolecular Hbond substituents is 1. The minimum atomic E-state index is -0.197. The molecule has 1 fully saturated rings. The largest absolute Gasteiger partial charge is 0.508 e. The average molecular weight is 319 g/mol. The highest BCUT2D eigenvalue weighted by molar-refractivity contribution is 7.80. The molecule has 2 aliphatic rings. The number of fused-ring (bicyclic) bond motifs is 1. The van der Waals surface area contributed by atoms with E-state index in [0.717, 1.165) is 29.9 Å². The molecule has 1 heterocycles. The summed E-state index contributed by atoms with van der Waals surface area (Å²) >= 11 is 4.84. The first-order chi connectivity index (χ1) is 10.6. The zero-order valence-corrected chi connectivity index (χ0v) is 13.3. The summed E-state index contributed by atoms with van der Waals surface area (Å²) in [7, 11) is 0. The van der Waals surface area contributed by atoms with Gasteiger partial charge in [-0.25, -0.2) is 0 Å². The molecule has 0 saturated heterocycles. The molecule has 1 aliphatic heterocycles. The summed E-state index contributed by atoms with van der Waals surface area (Å²) in [4.78, 5) is 0. The number of phenols is 1. The number of nitrogens with one attached hydrogen (secondary N) is 1. The van der Waals surface area contributed by atoms with Crippen LogP contribution in [-0.4, -0.2) is 21.5 Å². The zero-order valence-electron chi connectivity index (χ0n) is 12.5. The van der Waals surface area contributed by atoms with Gasteiger partial charge in [0, 0.05) is 12.0 Å². The van der Waals surface area contributed by atoms with Crippen molar-refractivity contribution in [3.05, 3.63) is 23.8 Å². The van der Waals surface area contributed by atoms with Crippen LogP contribution in [0.2, 0.25) is 0 Å². The molecule has 0 amide bonds. The Morgan fingerprint density at radius 3 is 2.68 bits per heavy atom. The summed E-state index contributed by atoms with van der Waals surface area (Å²) in [6, 6.07) is 5.14. The van der Waals surface area contributed by atoms with Crippen LogP contribution >= 0.6 is 12.2 Å². The molecule has 0 radical (unpaired) electrons. The number of ether oxygens (including phenoxy) is 1. The molecule has 1 saturated carbocycles. The Labute approximate surface area is 135 Å². The monoisotopic (exact) mass is 319 g/mol. The van der Waals surface area contributed by atoms with E-state index in [0.29, 0.717) is 6.42 Å². The van der Waals surface area contributed by atoms with Gasteiger partial charge in [0.25, 0.3) is 0 Å². The van der Waals surface area contributed by atoms with Crippen LogP contribution in [0.25, 0.3) is 0 Å². The van der Waals surface area contributed by atoms with Gasteiger partial charge in [0.15, 0.2) is 5.11 Å². The smallest absolute Gasteiger partial charge is 0.184 e. The molecule has 6 heteroatoms. The lowest BCUT2D eigenvalue weighted by Gasteiger charge is -2.38. The highest BCUT2D eigenvalue weighted by Gasteiger charge is 2.39. The molecule has 4 N–H and O–H groups in total. The van der Waals surface area contributed by atoms with Crippen LogP contribution < -0.4 is 15.9 Å². The quantitative estimate of drug-likeness (QED) is 0.548. The third kappa shape index (κ3) is 3.16. The Kier molecular flexibility index (Phi) is 4.20. The van der Waals surface area contributed by atoms with E-state index in [9.17, 15) is 5.11 Å². The molecular weight excluding hydrogens is 298 g/mol. The predicted octanol–water partition coefficient (Wildman–Crippen LogP) is 2.81. The van der Waals surface area contributed by atoms with Crippen LogP contribution in [0.3, 0.4) is 0 Å². The van der Waals surface area contributed by atoms with Crippen molar-refractivity contribution in [2.24, 2.45) is 10.8 Å². The molecule has 0 bridgehead atoms. The van der Waals surface area contributed by atoms with E-state index in [4.69, 9.17) is 22.7 Å². The van der Waals surface area contributed by atoms with Gasteiger partial charge >= 0.3 is 0 Å². The van der Waals surface area contributed by atoms with E-state index in [1.54, 1.807) is 12.1 Å². The number of hydrogen-bond acceptors (Lipinski definition) is 4. The molecule has 3 rings (SSSR count). The summed E-state index contributed by atoms with van der Waals surface area (Å²) in [6.45, 7) is 0. The molecule has 0 aromatic heterocycles. The van der Waals surface area contributed by atoms with Gasteiger partial charge in [-0.05, 0) is 56.1 Å². The van der Waals surface area contributed by atoms with Crippen LogP contribution in [0.15, 0.2) is 23.3 Å². The number of rotatable bonds is 1. The fraction of sp³-hybridized carbons (Fsp3) is 0.500. The number of hydrazone groups is 1. The molecular formula is C16H21N3O2S. The second-order valence-corrected chi connectivity index (χ2v) is 6.53. The van der Waals surface area contributed by atoms with Crippen molar-refractivity contribution in [3.63, 3.8) is 0 Å². The molecule has 5 nitrogen and oxygen atoms in total. The van der Waals surface area contributed by atoms with Crippen LogP contribution in [0.1, 0.15) is 50.5 Å². The molecule has 1 spiro atoms. The van der Waals surface area contributed by atoms with Gasteiger partial charge in [0.05, 0.1) is 5.71 Å². The highest BCUT2D eigenvalue weighted by atomic mass is 32.1. The normalized spacial score (nSPS) is 21.7. The van der Waals surface area contributed by atoms with Crippen molar-refractivity contribution in [2.45, 2.75) is 50.5 Å². The van der Waals surface area contributed by atoms with Gasteiger partial charge in [0.1, 0.15) is 17.1 Å². The number of aromatic hydroxyl groups is 1. The standard InChI is InChI=1S/C16H21N3O2S/c17-15(22)19-18-13-10-16(7-3-1-2-4-8-16)21-14-6-5-11(20)9-12(13)14/h5-6,9,20H,1-4,7-8,10H2,(H3,17,19,22)/b18-13+. The first kappa shape index (κ1) is 15.1. The Bertz CT molecular complexity index is 607. The number of benzene rings is 1. The van der Waals surface area contributed by atoms with E-state index in [1.165, 1.54) is 25.7 Å². The Morgan fingerprint density at radius 2 is 2.00 bits per heavy atom. The maximum absolute atomic E-state index is 9.75. The number of hydrogen-bond donors (Lipinski definition) is 3. The van der Waals surface area contributed by atoms with Crippen LogP contribution in [0.5, 0.6) is 11.5 Å². The van der Waals surface area contributed by atoms with Crippen molar-refractivity contribution in [3.8, 4) is 11.5 Å². The minimum Gasteiger partial charge on any atom is -0.508 e. The summed E-state index contributed by atoms with van der Waals surface area (Å²) in [5.41, 5.74) is 9.61. The molecule has 1 aromatic carbocycles. The lowest BCUT2D eigenvalue weighted by Crippen LogP contribution is -2.42. The van der Waals surface area contributed by atoms with Gasteiger partial charge in [-0.2, -0.15) is 5.10 Å². The van der Waals surface area contributed by atoms with E-state index in [-0.39, 0.29) is 16.5 Å². The van der Waals surface area contributed by atoms with Crippen LogP contribution in [0, 0.1) is 0 Å².